The van der Waals surface area contributed by atoms with Gasteiger partial charge in [0.15, 0.2) is 0 Å². The van der Waals surface area contributed by atoms with Crippen molar-refractivity contribution in [3.05, 3.63) is 59.2 Å². The second kappa shape index (κ2) is 7.29. The third-order valence-corrected chi connectivity index (χ3v) is 3.66. The maximum absolute atomic E-state index is 12.5. The molecule has 0 heterocycles. The van der Waals surface area contributed by atoms with Crippen molar-refractivity contribution in [1.82, 2.24) is 4.90 Å². The van der Waals surface area contributed by atoms with Crippen LogP contribution in [-0.2, 0) is 6.54 Å². The summed E-state index contributed by atoms with van der Waals surface area (Å²) in [6.45, 7) is 2.82. The van der Waals surface area contributed by atoms with Crippen LogP contribution in [0.15, 0.2) is 42.5 Å². The predicted molar refractivity (Wildman–Crippen MR) is 97.3 cm³/mol. The van der Waals surface area contributed by atoms with Crippen molar-refractivity contribution >= 4 is 17.3 Å². The maximum Gasteiger partial charge on any atom is 0.255 e. The highest BCUT2D eigenvalue weighted by molar-refractivity contribution is 6.04. The number of aryl methyl sites for hydroxylation is 1. The van der Waals surface area contributed by atoms with Crippen molar-refractivity contribution in [2.45, 2.75) is 13.5 Å². The second-order valence-electron chi connectivity index (χ2n) is 6.29. The summed E-state index contributed by atoms with van der Waals surface area (Å²) in [6, 6.07) is 13.8. The van der Waals surface area contributed by atoms with Gasteiger partial charge in [-0.25, -0.2) is 0 Å². The Morgan fingerprint density at radius 1 is 1.04 bits per heavy atom. The monoisotopic (exact) mass is 311 g/mol. The average Bonchev–Trinajstić information content (AvgIpc) is 2.48. The Kier molecular flexibility index (Phi) is 5.40. The molecule has 2 aromatic rings. The minimum Gasteiger partial charge on any atom is -0.378 e. The third-order valence-electron chi connectivity index (χ3n) is 3.66. The van der Waals surface area contributed by atoms with E-state index < -0.39 is 0 Å². The van der Waals surface area contributed by atoms with Gasteiger partial charge in [-0.2, -0.15) is 0 Å². The molecule has 0 unspecified atom stereocenters. The van der Waals surface area contributed by atoms with Crippen LogP contribution in [0, 0.1) is 6.92 Å². The molecular formula is C19H25N3O. The molecule has 0 aliphatic heterocycles. The minimum absolute atomic E-state index is 0.0775. The van der Waals surface area contributed by atoms with Crippen LogP contribution in [0.5, 0.6) is 0 Å². The molecule has 0 atom stereocenters. The van der Waals surface area contributed by atoms with Gasteiger partial charge in [0, 0.05) is 37.6 Å². The summed E-state index contributed by atoms with van der Waals surface area (Å²) in [7, 11) is 8.04. The summed E-state index contributed by atoms with van der Waals surface area (Å²) in [5.41, 5.74) is 4.82. The van der Waals surface area contributed by atoms with E-state index >= 15 is 0 Å². The molecule has 4 nitrogen and oxygen atoms in total. The molecule has 0 aliphatic rings. The lowest BCUT2D eigenvalue weighted by Crippen LogP contribution is -2.15. The Morgan fingerprint density at radius 2 is 1.78 bits per heavy atom. The normalized spacial score (nSPS) is 10.7. The highest BCUT2D eigenvalue weighted by Crippen LogP contribution is 2.22. The minimum atomic E-state index is -0.0775. The number of rotatable bonds is 5. The first-order chi connectivity index (χ1) is 10.9. The number of nitrogens with one attached hydrogen (secondary N) is 1. The van der Waals surface area contributed by atoms with E-state index in [4.69, 9.17) is 0 Å². The van der Waals surface area contributed by atoms with Crippen LogP contribution in [0.3, 0.4) is 0 Å². The van der Waals surface area contributed by atoms with Gasteiger partial charge in [0.25, 0.3) is 5.91 Å². The van der Waals surface area contributed by atoms with Crippen LogP contribution in [0.25, 0.3) is 0 Å². The van der Waals surface area contributed by atoms with E-state index in [0.29, 0.717) is 5.56 Å². The van der Waals surface area contributed by atoms with Crippen molar-refractivity contribution in [2.75, 3.05) is 38.4 Å². The first-order valence-corrected chi connectivity index (χ1v) is 7.70. The van der Waals surface area contributed by atoms with Crippen LogP contribution < -0.4 is 10.2 Å². The van der Waals surface area contributed by atoms with Crippen LogP contribution in [0.1, 0.15) is 21.5 Å². The van der Waals surface area contributed by atoms with Gasteiger partial charge in [0.2, 0.25) is 0 Å². The third kappa shape index (κ3) is 4.57. The zero-order chi connectivity index (χ0) is 17.0. The number of amides is 1. The molecule has 0 saturated heterocycles. The molecule has 2 aromatic carbocycles. The van der Waals surface area contributed by atoms with E-state index in [1.165, 1.54) is 0 Å². The number of benzene rings is 2. The van der Waals surface area contributed by atoms with Crippen LogP contribution in [-0.4, -0.2) is 39.0 Å². The van der Waals surface area contributed by atoms with Crippen molar-refractivity contribution in [3.8, 4) is 0 Å². The van der Waals surface area contributed by atoms with Gasteiger partial charge < -0.3 is 15.1 Å². The first kappa shape index (κ1) is 17.0. The number of hydrogen-bond acceptors (Lipinski definition) is 3. The molecule has 0 aromatic heterocycles. The number of anilines is 2. The van der Waals surface area contributed by atoms with E-state index in [-0.39, 0.29) is 5.91 Å². The quantitative estimate of drug-likeness (QED) is 0.919. The summed E-state index contributed by atoms with van der Waals surface area (Å²) in [5.74, 6) is -0.0775. The Bertz CT molecular complexity index is 693. The van der Waals surface area contributed by atoms with Crippen molar-refractivity contribution < 1.29 is 4.79 Å². The summed E-state index contributed by atoms with van der Waals surface area (Å²) in [5, 5.41) is 3.00. The molecule has 0 saturated carbocycles. The predicted octanol–water partition coefficient (Wildman–Crippen LogP) is 3.37. The van der Waals surface area contributed by atoms with Gasteiger partial charge in [0.1, 0.15) is 0 Å². The van der Waals surface area contributed by atoms with E-state index in [9.17, 15) is 4.79 Å². The fourth-order valence-electron chi connectivity index (χ4n) is 2.44. The van der Waals surface area contributed by atoms with E-state index in [1.54, 1.807) is 0 Å². The van der Waals surface area contributed by atoms with Crippen LogP contribution in [0.2, 0.25) is 0 Å². The van der Waals surface area contributed by atoms with Gasteiger partial charge in [-0.15, -0.1) is 0 Å². The zero-order valence-electron chi connectivity index (χ0n) is 14.6. The molecule has 1 amide bonds. The number of hydrogen-bond donors (Lipinski definition) is 1. The van der Waals surface area contributed by atoms with Gasteiger partial charge in [-0.05, 0) is 62.5 Å². The average molecular weight is 311 g/mol. The van der Waals surface area contributed by atoms with Gasteiger partial charge in [-0.1, -0.05) is 12.1 Å². The van der Waals surface area contributed by atoms with Crippen LogP contribution in [0.4, 0.5) is 11.4 Å². The lowest BCUT2D eigenvalue weighted by molar-refractivity contribution is 0.102. The maximum atomic E-state index is 12.5. The van der Waals surface area contributed by atoms with Crippen molar-refractivity contribution in [2.24, 2.45) is 0 Å². The molecule has 0 fully saturated rings. The lowest BCUT2D eigenvalue weighted by atomic mass is 10.1. The van der Waals surface area contributed by atoms with E-state index in [1.807, 2.05) is 76.4 Å². The Labute approximate surface area is 138 Å². The van der Waals surface area contributed by atoms with E-state index in [2.05, 4.69) is 16.3 Å². The Hall–Kier alpha value is -2.33. The topological polar surface area (TPSA) is 35.6 Å². The fourth-order valence-corrected chi connectivity index (χ4v) is 2.44. The summed E-state index contributed by atoms with van der Waals surface area (Å²) in [4.78, 5) is 16.6. The standard InChI is InChI=1S/C19H25N3O/c1-14-11-17(22(4)5)9-10-18(14)20-19(23)16-8-6-7-15(12-16)13-21(2)3/h6-12H,13H2,1-5H3,(H,20,23). The first-order valence-electron chi connectivity index (χ1n) is 7.70. The molecule has 23 heavy (non-hydrogen) atoms. The Morgan fingerprint density at radius 3 is 2.39 bits per heavy atom. The molecule has 122 valence electrons. The molecule has 0 bridgehead atoms. The fraction of sp³-hybridized carbons (Fsp3) is 0.316. The van der Waals surface area contributed by atoms with Crippen molar-refractivity contribution in [3.63, 3.8) is 0 Å². The molecule has 1 N–H and O–H groups in total. The van der Waals surface area contributed by atoms with Gasteiger partial charge in [-0.3, -0.25) is 4.79 Å². The molecular weight excluding hydrogens is 286 g/mol. The molecule has 2 rings (SSSR count). The smallest absolute Gasteiger partial charge is 0.255 e. The van der Waals surface area contributed by atoms with E-state index in [0.717, 1.165) is 29.0 Å². The SMILES string of the molecule is Cc1cc(N(C)C)ccc1NC(=O)c1cccc(CN(C)C)c1. The van der Waals surface area contributed by atoms with Crippen LogP contribution >= 0.6 is 0 Å². The highest BCUT2D eigenvalue weighted by atomic mass is 16.1. The largest absolute Gasteiger partial charge is 0.378 e. The van der Waals surface area contributed by atoms with Crippen molar-refractivity contribution in [1.29, 1.82) is 0 Å². The summed E-state index contributed by atoms with van der Waals surface area (Å²) in [6.07, 6.45) is 0. The lowest BCUT2D eigenvalue weighted by Gasteiger charge is -2.16. The summed E-state index contributed by atoms with van der Waals surface area (Å²) >= 11 is 0. The highest BCUT2D eigenvalue weighted by Gasteiger charge is 2.09. The number of carbonyl (C=O) groups excluding carboxylic acids is 1. The number of nitrogens with zero attached hydrogens (tertiary/aromatic N) is 2. The second-order valence-corrected chi connectivity index (χ2v) is 6.29. The summed E-state index contributed by atoms with van der Waals surface area (Å²) < 4.78 is 0. The molecule has 4 heteroatoms. The van der Waals surface area contributed by atoms with Gasteiger partial charge >= 0.3 is 0 Å². The molecule has 0 radical (unpaired) electrons. The zero-order valence-corrected chi connectivity index (χ0v) is 14.6. The van der Waals surface area contributed by atoms with Gasteiger partial charge in [0.05, 0.1) is 0 Å². The molecule has 0 spiro atoms. The molecule has 0 aliphatic carbocycles. The Balaban J connectivity index is 2.16. The number of carbonyl (C=O) groups is 1.